The molecule has 10 heteroatoms. The minimum Gasteiger partial charge on any atom is -0.465 e. The second-order valence-corrected chi connectivity index (χ2v) is 8.97. The van der Waals surface area contributed by atoms with Crippen LogP contribution in [0.4, 0.5) is 4.39 Å². The molecular formula is C25H20ClFN2O5S. The number of benzene rings is 2. The first-order valence-corrected chi connectivity index (χ1v) is 11.8. The molecule has 0 N–H and O–H groups in total. The van der Waals surface area contributed by atoms with Crippen molar-refractivity contribution in [1.82, 2.24) is 4.57 Å². The highest BCUT2D eigenvalue weighted by Gasteiger charge is 2.33. The summed E-state index contributed by atoms with van der Waals surface area (Å²) in [7, 11) is 1.28. The van der Waals surface area contributed by atoms with Crippen LogP contribution in [0.2, 0.25) is 5.02 Å². The maximum absolute atomic E-state index is 14.4. The number of carbonyl (C=O) groups is 2. The van der Waals surface area contributed by atoms with Crippen LogP contribution >= 0.6 is 22.9 Å². The lowest BCUT2D eigenvalue weighted by molar-refractivity contribution is -0.139. The van der Waals surface area contributed by atoms with E-state index in [4.69, 9.17) is 21.1 Å². The highest BCUT2D eigenvalue weighted by Crippen LogP contribution is 2.31. The first kappa shape index (κ1) is 24.6. The van der Waals surface area contributed by atoms with E-state index in [1.165, 1.54) is 36.0 Å². The fraction of sp³-hybridized carbons (Fsp3) is 0.200. The molecule has 2 heterocycles. The summed E-state index contributed by atoms with van der Waals surface area (Å²) in [4.78, 5) is 43.1. The summed E-state index contributed by atoms with van der Waals surface area (Å²) in [6, 6.07) is 9.77. The van der Waals surface area contributed by atoms with E-state index < -0.39 is 29.4 Å². The predicted octanol–water partition coefficient (Wildman–Crippen LogP) is 3.38. The summed E-state index contributed by atoms with van der Waals surface area (Å²) in [5, 5.41) is 0.161. The number of allylic oxidation sites excluding steroid dienone is 1. The van der Waals surface area contributed by atoms with E-state index in [1.54, 1.807) is 38.1 Å². The van der Waals surface area contributed by atoms with Crippen LogP contribution in [0.25, 0.3) is 6.08 Å². The second-order valence-electron chi connectivity index (χ2n) is 7.55. The predicted molar refractivity (Wildman–Crippen MR) is 130 cm³/mol. The molecule has 35 heavy (non-hydrogen) atoms. The number of carbonyl (C=O) groups excluding carboxylic acids is 2. The number of esters is 2. The average Bonchev–Trinajstić information content (AvgIpc) is 3.14. The van der Waals surface area contributed by atoms with Gasteiger partial charge in [0.15, 0.2) is 4.80 Å². The standard InChI is InChI=1S/C25H20ClFN2O5S/c1-4-34-24(32)20-13(2)28-25-29(21(20)14-8-10-15(11-9-14)23(31)33-3)22(30)19(35-25)12-16-17(26)6-5-7-18(16)27/h5-12,21H,4H2,1-3H3. The Bertz CT molecular complexity index is 1520. The van der Waals surface area contributed by atoms with Crippen molar-refractivity contribution in [3.05, 3.63) is 101 Å². The molecule has 1 atom stereocenters. The van der Waals surface area contributed by atoms with E-state index in [0.717, 1.165) is 11.3 Å². The summed E-state index contributed by atoms with van der Waals surface area (Å²) in [5.41, 5.74) is 1.08. The third-order valence-corrected chi connectivity index (χ3v) is 6.75. The van der Waals surface area contributed by atoms with Gasteiger partial charge in [-0.2, -0.15) is 0 Å². The molecule has 0 saturated carbocycles. The number of rotatable bonds is 5. The van der Waals surface area contributed by atoms with Crippen molar-refractivity contribution in [3.8, 4) is 0 Å². The quantitative estimate of drug-likeness (QED) is 0.487. The number of thiazole rings is 1. The van der Waals surface area contributed by atoms with E-state index in [-0.39, 0.29) is 27.3 Å². The van der Waals surface area contributed by atoms with Crippen LogP contribution in [0.1, 0.15) is 41.4 Å². The average molecular weight is 515 g/mol. The molecule has 0 fully saturated rings. The lowest BCUT2D eigenvalue weighted by atomic mass is 9.95. The van der Waals surface area contributed by atoms with Crippen molar-refractivity contribution in [3.63, 3.8) is 0 Å². The third kappa shape index (κ3) is 4.56. The van der Waals surface area contributed by atoms with Crippen molar-refractivity contribution < 1.29 is 23.5 Å². The summed E-state index contributed by atoms with van der Waals surface area (Å²) in [5.74, 6) is -1.69. The molecule has 3 aromatic rings. The lowest BCUT2D eigenvalue weighted by Crippen LogP contribution is -2.40. The Hall–Kier alpha value is -3.56. The molecule has 180 valence electrons. The number of hydrogen-bond donors (Lipinski definition) is 0. The summed E-state index contributed by atoms with van der Waals surface area (Å²) < 4.78 is 26.0. The van der Waals surface area contributed by atoms with Gasteiger partial charge in [-0.1, -0.05) is 41.1 Å². The van der Waals surface area contributed by atoms with Crippen LogP contribution in [0.15, 0.2) is 63.5 Å². The smallest absolute Gasteiger partial charge is 0.338 e. The highest BCUT2D eigenvalue weighted by atomic mass is 35.5. The topological polar surface area (TPSA) is 87.0 Å². The Morgan fingerprint density at radius 3 is 2.54 bits per heavy atom. The molecular weight excluding hydrogens is 495 g/mol. The van der Waals surface area contributed by atoms with Gasteiger partial charge in [-0.05, 0) is 49.8 Å². The Morgan fingerprint density at radius 2 is 1.91 bits per heavy atom. The van der Waals surface area contributed by atoms with Crippen molar-refractivity contribution in [2.75, 3.05) is 13.7 Å². The highest BCUT2D eigenvalue weighted by molar-refractivity contribution is 7.07. The first-order valence-electron chi connectivity index (χ1n) is 10.6. The van der Waals surface area contributed by atoms with Gasteiger partial charge < -0.3 is 9.47 Å². The number of fused-ring (bicyclic) bond motifs is 1. The van der Waals surface area contributed by atoms with Crippen LogP contribution in [0, 0.1) is 5.82 Å². The number of aromatic nitrogens is 1. The molecule has 0 amide bonds. The van der Waals surface area contributed by atoms with E-state index in [9.17, 15) is 18.8 Å². The normalized spacial score (nSPS) is 15.5. The number of halogens is 2. The zero-order valence-electron chi connectivity index (χ0n) is 19.0. The fourth-order valence-electron chi connectivity index (χ4n) is 3.81. The molecule has 0 spiro atoms. The molecule has 2 aromatic carbocycles. The Kier molecular flexibility index (Phi) is 7.00. The first-order chi connectivity index (χ1) is 16.8. The number of nitrogens with zero attached hydrogens (tertiary/aromatic N) is 2. The van der Waals surface area contributed by atoms with Crippen molar-refractivity contribution in [2.24, 2.45) is 4.99 Å². The molecule has 1 aliphatic rings. The SMILES string of the molecule is CCOC(=O)C1=C(C)N=c2sc(=Cc3c(F)cccc3Cl)c(=O)n2C1c1ccc(C(=O)OC)cc1. The van der Waals surface area contributed by atoms with Gasteiger partial charge in [0.2, 0.25) is 0 Å². The second kappa shape index (κ2) is 9.97. The van der Waals surface area contributed by atoms with Crippen LogP contribution in [-0.2, 0) is 14.3 Å². The van der Waals surface area contributed by atoms with Gasteiger partial charge >= 0.3 is 11.9 Å². The van der Waals surface area contributed by atoms with Gasteiger partial charge in [0.25, 0.3) is 5.56 Å². The summed E-state index contributed by atoms with van der Waals surface area (Å²) in [6.07, 6.45) is 1.38. The maximum atomic E-state index is 14.4. The van der Waals surface area contributed by atoms with Gasteiger partial charge in [-0.3, -0.25) is 9.36 Å². The monoisotopic (exact) mass is 514 g/mol. The fourth-order valence-corrected chi connectivity index (χ4v) is 5.05. The van der Waals surface area contributed by atoms with Crippen LogP contribution in [0.5, 0.6) is 0 Å². The lowest BCUT2D eigenvalue weighted by Gasteiger charge is -2.24. The van der Waals surface area contributed by atoms with Crippen molar-refractivity contribution in [2.45, 2.75) is 19.9 Å². The van der Waals surface area contributed by atoms with Crippen LogP contribution < -0.4 is 14.9 Å². The zero-order chi connectivity index (χ0) is 25.3. The molecule has 0 aliphatic carbocycles. The summed E-state index contributed by atoms with van der Waals surface area (Å²) >= 11 is 7.21. The van der Waals surface area contributed by atoms with E-state index in [1.807, 2.05) is 0 Å². The number of hydrogen-bond acceptors (Lipinski definition) is 7. The largest absolute Gasteiger partial charge is 0.465 e. The zero-order valence-corrected chi connectivity index (χ0v) is 20.6. The Labute approximate surface area is 208 Å². The van der Waals surface area contributed by atoms with Gasteiger partial charge in [-0.15, -0.1) is 0 Å². The molecule has 7 nitrogen and oxygen atoms in total. The Morgan fingerprint density at radius 1 is 1.20 bits per heavy atom. The molecule has 1 unspecified atom stereocenters. The van der Waals surface area contributed by atoms with Crippen LogP contribution in [0.3, 0.4) is 0 Å². The molecule has 0 saturated heterocycles. The Balaban J connectivity index is 1.95. The van der Waals surface area contributed by atoms with Crippen molar-refractivity contribution in [1.29, 1.82) is 0 Å². The molecule has 1 aliphatic heterocycles. The molecule has 0 radical (unpaired) electrons. The number of ether oxygens (including phenoxy) is 2. The van der Waals surface area contributed by atoms with Crippen LogP contribution in [-0.4, -0.2) is 30.2 Å². The van der Waals surface area contributed by atoms with Gasteiger partial charge in [0.1, 0.15) is 5.82 Å². The minimum atomic E-state index is -0.866. The van der Waals surface area contributed by atoms with Gasteiger partial charge in [0, 0.05) is 5.56 Å². The maximum Gasteiger partial charge on any atom is 0.338 e. The minimum absolute atomic E-state index is 0.0831. The van der Waals surface area contributed by atoms with E-state index in [0.29, 0.717) is 21.6 Å². The van der Waals surface area contributed by atoms with E-state index in [2.05, 4.69) is 4.99 Å². The molecule has 0 bridgehead atoms. The number of methoxy groups -OCH3 is 1. The van der Waals surface area contributed by atoms with E-state index >= 15 is 0 Å². The van der Waals surface area contributed by atoms with Gasteiger partial charge in [-0.25, -0.2) is 19.0 Å². The summed E-state index contributed by atoms with van der Waals surface area (Å²) in [6.45, 7) is 3.48. The van der Waals surface area contributed by atoms with Gasteiger partial charge in [0.05, 0.1) is 46.1 Å². The molecule has 1 aromatic heterocycles. The molecule has 4 rings (SSSR count). The third-order valence-electron chi connectivity index (χ3n) is 5.44. The van der Waals surface area contributed by atoms with Crippen molar-refractivity contribution >= 4 is 41.0 Å².